The van der Waals surface area contributed by atoms with Gasteiger partial charge in [0.25, 0.3) is 5.56 Å². The first-order valence-electron chi connectivity index (χ1n) is 6.90. The maximum atomic E-state index is 12.7. The number of carboxylic acids is 1. The zero-order chi connectivity index (χ0) is 16.6. The topological polar surface area (TPSA) is 81.3 Å². The smallest absolute Gasteiger partial charge is 0.336 e. The molecule has 22 heavy (non-hydrogen) atoms. The Kier molecular flexibility index (Phi) is 4.03. The van der Waals surface area contributed by atoms with Crippen LogP contribution in [0.15, 0.2) is 33.9 Å². The number of carboxylic acid groups (broad SMARTS) is 1. The van der Waals surface area contributed by atoms with Gasteiger partial charge in [-0.3, -0.25) is 9.36 Å². The SMILES string of the molecule is Cc1cccc(C)c1-n1c(C)cc(=O)n([C@@H](C)C(=O)O)c1=O. The lowest BCUT2D eigenvalue weighted by Gasteiger charge is -2.18. The number of benzene rings is 1. The Bertz CT molecular complexity index is 841. The summed E-state index contributed by atoms with van der Waals surface area (Å²) in [5.74, 6) is -1.23. The van der Waals surface area contributed by atoms with Crippen LogP contribution in [-0.2, 0) is 4.79 Å². The van der Waals surface area contributed by atoms with Crippen LogP contribution in [0.5, 0.6) is 0 Å². The van der Waals surface area contributed by atoms with E-state index in [0.29, 0.717) is 11.4 Å². The Morgan fingerprint density at radius 1 is 1.14 bits per heavy atom. The summed E-state index contributed by atoms with van der Waals surface area (Å²) in [6.45, 7) is 6.70. The summed E-state index contributed by atoms with van der Waals surface area (Å²) in [6, 6.07) is 5.67. The number of hydrogen-bond acceptors (Lipinski definition) is 3. The summed E-state index contributed by atoms with van der Waals surface area (Å²) < 4.78 is 2.16. The quantitative estimate of drug-likeness (QED) is 0.933. The van der Waals surface area contributed by atoms with Gasteiger partial charge in [-0.1, -0.05) is 18.2 Å². The van der Waals surface area contributed by atoms with Crippen molar-refractivity contribution in [3.8, 4) is 5.69 Å². The van der Waals surface area contributed by atoms with Gasteiger partial charge in [-0.15, -0.1) is 0 Å². The molecule has 6 heteroatoms. The second-order valence-corrected chi connectivity index (χ2v) is 5.37. The van der Waals surface area contributed by atoms with Crippen molar-refractivity contribution in [3.63, 3.8) is 0 Å². The van der Waals surface area contributed by atoms with E-state index in [0.717, 1.165) is 15.7 Å². The highest BCUT2D eigenvalue weighted by Crippen LogP contribution is 2.18. The molecule has 1 aromatic heterocycles. The van der Waals surface area contributed by atoms with Gasteiger partial charge < -0.3 is 5.11 Å². The molecule has 1 N–H and O–H groups in total. The third kappa shape index (κ3) is 2.47. The lowest BCUT2D eigenvalue weighted by molar-refractivity contribution is -0.140. The number of aryl methyl sites for hydroxylation is 3. The molecule has 0 aliphatic rings. The van der Waals surface area contributed by atoms with Gasteiger partial charge in [0.05, 0.1) is 5.69 Å². The lowest BCUT2D eigenvalue weighted by atomic mass is 10.1. The van der Waals surface area contributed by atoms with Crippen LogP contribution < -0.4 is 11.2 Å². The molecule has 0 radical (unpaired) electrons. The van der Waals surface area contributed by atoms with Crippen LogP contribution in [0.25, 0.3) is 5.69 Å². The van der Waals surface area contributed by atoms with Crippen molar-refractivity contribution in [1.82, 2.24) is 9.13 Å². The number of hydrogen-bond donors (Lipinski definition) is 1. The van der Waals surface area contributed by atoms with Crippen LogP contribution in [0.3, 0.4) is 0 Å². The fourth-order valence-electron chi connectivity index (χ4n) is 2.56. The van der Waals surface area contributed by atoms with E-state index in [9.17, 15) is 14.4 Å². The summed E-state index contributed by atoms with van der Waals surface area (Å²) >= 11 is 0. The van der Waals surface area contributed by atoms with Crippen molar-refractivity contribution in [2.24, 2.45) is 0 Å². The van der Waals surface area contributed by atoms with E-state index >= 15 is 0 Å². The molecule has 1 aromatic carbocycles. The fourth-order valence-corrected chi connectivity index (χ4v) is 2.56. The van der Waals surface area contributed by atoms with Gasteiger partial charge in [0.1, 0.15) is 6.04 Å². The Morgan fingerprint density at radius 2 is 1.68 bits per heavy atom. The third-order valence-electron chi connectivity index (χ3n) is 3.73. The van der Waals surface area contributed by atoms with Gasteiger partial charge in [0.2, 0.25) is 0 Å². The van der Waals surface area contributed by atoms with Gasteiger partial charge >= 0.3 is 11.7 Å². The first-order chi connectivity index (χ1) is 10.3. The molecular formula is C16H18N2O4. The maximum Gasteiger partial charge on any atom is 0.336 e. The third-order valence-corrected chi connectivity index (χ3v) is 3.73. The van der Waals surface area contributed by atoms with E-state index in [4.69, 9.17) is 5.11 Å². The molecule has 0 aliphatic heterocycles. The molecule has 0 bridgehead atoms. The van der Waals surface area contributed by atoms with Crippen molar-refractivity contribution in [2.75, 3.05) is 0 Å². The molecule has 0 amide bonds. The molecular weight excluding hydrogens is 284 g/mol. The predicted octanol–water partition coefficient (Wildman–Crippen LogP) is 1.57. The molecule has 0 fully saturated rings. The van der Waals surface area contributed by atoms with Gasteiger partial charge in [-0.2, -0.15) is 0 Å². The molecule has 2 aromatic rings. The minimum atomic E-state index is -1.23. The van der Waals surface area contributed by atoms with Crippen LogP contribution in [0.2, 0.25) is 0 Å². The lowest BCUT2D eigenvalue weighted by Crippen LogP contribution is -2.43. The average molecular weight is 302 g/mol. The summed E-state index contributed by atoms with van der Waals surface area (Å²) in [4.78, 5) is 35.9. The molecule has 0 saturated heterocycles. The van der Waals surface area contributed by atoms with Crippen molar-refractivity contribution >= 4 is 5.97 Å². The fraction of sp³-hybridized carbons (Fsp3) is 0.312. The van der Waals surface area contributed by atoms with Crippen LogP contribution in [0, 0.1) is 20.8 Å². The molecule has 0 spiro atoms. The Hall–Kier alpha value is -2.63. The van der Waals surface area contributed by atoms with Crippen LogP contribution >= 0.6 is 0 Å². The van der Waals surface area contributed by atoms with Gasteiger partial charge in [-0.25, -0.2) is 14.2 Å². The summed E-state index contributed by atoms with van der Waals surface area (Å²) in [6.07, 6.45) is 0. The van der Waals surface area contributed by atoms with Crippen molar-refractivity contribution in [1.29, 1.82) is 0 Å². The molecule has 116 valence electrons. The van der Waals surface area contributed by atoms with Gasteiger partial charge in [0.15, 0.2) is 0 Å². The normalized spacial score (nSPS) is 12.2. The molecule has 0 aliphatic carbocycles. The average Bonchev–Trinajstić information content (AvgIpc) is 2.41. The molecule has 2 rings (SSSR count). The standard InChI is InChI=1S/C16H18N2O4/c1-9-6-5-7-10(2)14(9)17-11(3)8-13(19)18(16(17)22)12(4)15(20)21/h5-8,12H,1-4H3,(H,20,21)/t12-/m0/s1. The highest BCUT2D eigenvalue weighted by molar-refractivity contribution is 5.71. The number of aliphatic carboxylic acids is 1. The molecule has 6 nitrogen and oxygen atoms in total. The Morgan fingerprint density at radius 3 is 2.18 bits per heavy atom. The highest BCUT2D eigenvalue weighted by atomic mass is 16.4. The van der Waals surface area contributed by atoms with Crippen molar-refractivity contribution in [3.05, 3.63) is 61.9 Å². The van der Waals surface area contributed by atoms with E-state index in [1.807, 2.05) is 32.0 Å². The van der Waals surface area contributed by atoms with Crippen molar-refractivity contribution in [2.45, 2.75) is 33.7 Å². The Balaban J connectivity index is 2.90. The van der Waals surface area contributed by atoms with Crippen LogP contribution in [0.4, 0.5) is 0 Å². The predicted molar refractivity (Wildman–Crippen MR) is 82.9 cm³/mol. The van der Waals surface area contributed by atoms with E-state index in [2.05, 4.69) is 0 Å². The second kappa shape index (κ2) is 5.63. The minimum absolute atomic E-state index is 0.473. The number of para-hydroxylation sites is 1. The largest absolute Gasteiger partial charge is 0.480 e. The minimum Gasteiger partial charge on any atom is -0.480 e. The first-order valence-corrected chi connectivity index (χ1v) is 6.90. The molecule has 1 heterocycles. The zero-order valence-corrected chi connectivity index (χ0v) is 13.0. The van der Waals surface area contributed by atoms with Crippen LogP contribution in [0.1, 0.15) is 29.8 Å². The Labute approximate surface area is 127 Å². The van der Waals surface area contributed by atoms with Crippen molar-refractivity contribution < 1.29 is 9.90 Å². The highest BCUT2D eigenvalue weighted by Gasteiger charge is 2.21. The number of carbonyl (C=O) groups is 1. The molecule has 1 atom stereocenters. The number of nitrogens with zero attached hydrogens (tertiary/aromatic N) is 2. The maximum absolute atomic E-state index is 12.7. The summed E-state index contributed by atoms with van der Waals surface area (Å²) in [5, 5.41) is 9.12. The first kappa shape index (κ1) is 15.8. The number of aromatic nitrogens is 2. The number of rotatable bonds is 3. The summed E-state index contributed by atoms with van der Waals surface area (Å²) in [7, 11) is 0. The zero-order valence-electron chi connectivity index (χ0n) is 13.0. The monoisotopic (exact) mass is 302 g/mol. The molecule has 0 unspecified atom stereocenters. The van der Waals surface area contributed by atoms with E-state index < -0.39 is 23.3 Å². The second-order valence-electron chi connectivity index (χ2n) is 5.37. The van der Waals surface area contributed by atoms with E-state index in [1.165, 1.54) is 17.6 Å². The van der Waals surface area contributed by atoms with E-state index in [-0.39, 0.29) is 0 Å². The van der Waals surface area contributed by atoms with Gasteiger partial charge in [-0.05, 0) is 38.8 Å². The van der Waals surface area contributed by atoms with Gasteiger partial charge in [0, 0.05) is 11.8 Å². The summed E-state index contributed by atoms with van der Waals surface area (Å²) in [5.41, 5.74) is 1.64. The van der Waals surface area contributed by atoms with Crippen LogP contribution in [-0.4, -0.2) is 20.2 Å². The molecule has 0 saturated carbocycles. The van der Waals surface area contributed by atoms with E-state index in [1.54, 1.807) is 6.92 Å².